The van der Waals surface area contributed by atoms with Gasteiger partial charge >= 0.3 is 5.97 Å². The third-order valence-corrected chi connectivity index (χ3v) is 3.43. The molecule has 0 aliphatic heterocycles. The van der Waals surface area contributed by atoms with Crippen LogP contribution in [-0.4, -0.2) is 25.6 Å². The smallest absolute Gasteiger partial charge is 0.335 e. The van der Waals surface area contributed by atoms with Gasteiger partial charge in [-0.3, -0.25) is 4.98 Å². The first-order chi connectivity index (χ1) is 9.66. The fraction of sp³-hybridized carbons (Fsp3) is 0.133. The lowest BCUT2D eigenvalue weighted by molar-refractivity contribution is 0.0697. The zero-order valence-electron chi connectivity index (χ0n) is 10.9. The van der Waals surface area contributed by atoms with Crippen LogP contribution in [-0.2, 0) is 0 Å². The second kappa shape index (κ2) is 4.77. The molecule has 5 heteroatoms. The van der Waals surface area contributed by atoms with Crippen LogP contribution in [0.4, 0.5) is 0 Å². The van der Waals surface area contributed by atoms with E-state index in [1.807, 2.05) is 23.6 Å². The van der Waals surface area contributed by atoms with Gasteiger partial charge in [-0.05, 0) is 42.8 Å². The number of nitrogens with zero attached hydrogens (tertiary/aromatic N) is 3. The van der Waals surface area contributed by atoms with Crippen LogP contribution < -0.4 is 0 Å². The van der Waals surface area contributed by atoms with Gasteiger partial charge in [-0.15, -0.1) is 0 Å². The third kappa shape index (κ3) is 2.03. The molecule has 0 bridgehead atoms. The third-order valence-electron chi connectivity index (χ3n) is 3.43. The van der Waals surface area contributed by atoms with Crippen LogP contribution in [0, 0.1) is 0 Å². The van der Waals surface area contributed by atoms with Gasteiger partial charge in [0.1, 0.15) is 0 Å². The summed E-state index contributed by atoms with van der Waals surface area (Å²) >= 11 is 0. The molecule has 0 saturated heterocycles. The number of carboxylic acids is 1. The average Bonchev–Trinajstić information content (AvgIpc) is 2.90. The number of hydrogen-bond acceptors (Lipinski definition) is 3. The highest BCUT2D eigenvalue weighted by Gasteiger charge is 2.13. The molecule has 2 aromatic heterocycles. The summed E-state index contributed by atoms with van der Waals surface area (Å²) in [4.78, 5) is 19.4. The number of carboxylic acid groups (broad SMARTS) is 1. The van der Waals surface area contributed by atoms with Crippen LogP contribution in [0.25, 0.3) is 11.0 Å². The van der Waals surface area contributed by atoms with Crippen molar-refractivity contribution in [2.24, 2.45) is 0 Å². The van der Waals surface area contributed by atoms with E-state index in [0.29, 0.717) is 0 Å². The Hall–Kier alpha value is -2.69. The summed E-state index contributed by atoms with van der Waals surface area (Å²) in [6.45, 7) is 2.05. The standard InChI is InChI=1S/C15H13N3O2/c1-10(11-4-6-16-7-5-11)18-9-17-13-3-2-12(15(19)20)8-14(13)18/h2-10H,1H3,(H,19,20). The van der Waals surface area contributed by atoms with E-state index in [-0.39, 0.29) is 11.6 Å². The van der Waals surface area contributed by atoms with Gasteiger partial charge in [0.15, 0.2) is 0 Å². The first-order valence-corrected chi connectivity index (χ1v) is 6.26. The van der Waals surface area contributed by atoms with Crippen molar-refractivity contribution in [1.29, 1.82) is 0 Å². The molecule has 5 nitrogen and oxygen atoms in total. The lowest BCUT2D eigenvalue weighted by atomic mass is 10.1. The predicted octanol–water partition coefficient (Wildman–Crippen LogP) is 2.74. The molecule has 1 N–H and O–H groups in total. The molecule has 0 fully saturated rings. The largest absolute Gasteiger partial charge is 0.478 e. The van der Waals surface area contributed by atoms with Crippen LogP contribution >= 0.6 is 0 Å². The topological polar surface area (TPSA) is 68.0 Å². The summed E-state index contributed by atoms with van der Waals surface area (Å²) < 4.78 is 1.97. The number of benzene rings is 1. The molecule has 2 heterocycles. The van der Waals surface area contributed by atoms with Crippen LogP contribution in [0.1, 0.15) is 28.9 Å². The normalized spacial score (nSPS) is 12.4. The molecule has 3 aromatic rings. The minimum absolute atomic E-state index is 0.0621. The van der Waals surface area contributed by atoms with Crippen LogP contribution in [0.5, 0.6) is 0 Å². The molecule has 1 atom stereocenters. The molecular weight excluding hydrogens is 254 g/mol. The second-order valence-electron chi connectivity index (χ2n) is 4.62. The molecule has 0 radical (unpaired) electrons. The van der Waals surface area contributed by atoms with Crippen LogP contribution in [0.3, 0.4) is 0 Å². The first-order valence-electron chi connectivity index (χ1n) is 6.26. The van der Waals surface area contributed by atoms with Crippen molar-refractivity contribution in [3.63, 3.8) is 0 Å². The van der Waals surface area contributed by atoms with Gasteiger partial charge in [0, 0.05) is 12.4 Å². The second-order valence-corrected chi connectivity index (χ2v) is 4.62. The Morgan fingerprint density at radius 3 is 2.70 bits per heavy atom. The number of pyridine rings is 1. The molecule has 0 aliphatic rings. The molecule has 0 saturated carbocycles. The predicted molar refractivity (Wildman–Crippen MR) is 74.7 cm³/mol. The van der Waals surface area contributed by atoms with Gasteiger partial charge in [0.2, 0.25) is 0 Å². The van der Waals surface area contributed by atoms with E-state index in [0.717, 1.165) is 16.6 Å². The van der Waals surface area contributed by atoms with Crippen molar-refractivity contribution >= 4 is 17.0 Å². The Balaban J connectivity index is 2.12. The van der Waals surface area contributed by atoms with E-state index in [9.17, 15) is 4.79 Å². The number of carbonyl (C=O) groups is 1. The van der Waals surface area contributed by atoms with Gasteiger partial charge < -0.3 is 9.67 Å². The molecule has 100 valence electrons. The summed E-state index contributed by atoms with van der Waals surface area (Å²) in [5.41, 5.74) is 2.96. The summed E-state index contributed by atoms with van der Waals surface area (Å²) in [7, 11) is 0. The summed E-state index contributed by atoms with van der Waals surface area (Å²) in [6, 6.07) is 8.90. The lowest BCUT2D eigenvalue weighted by Gasteiger charge is -2.14. The van der Waals surface area contributed by atoms with E-state index >= 15 is 0 Å². The number of hydrogen-bond donors (Lipinski definition) is 1. The van der Waals surface area contributed by atoms with Crippen molar-refractivity contribution in [3.05, 3.63) is 60.2 Å². The minimum atomic E-state index is -0.934. The number of imidazole rings is 1. The van der Waals surface area contributed by atoms with E-state index in [2.05, 4.69) is 9.97 Å². The maximum atomic E-state index is 11.1. The summed E-state index contributed by atoms with van der Waals surface area (Å²) in [5.74, 6) is -0.934. The monoisotopic (exact) mass is 267 g/mol. The highest BCUT2D eigenvalue weighted by Crippen LogP contribution is 2.23. The van der Waals surface area contributed by atoms with Crippen LogP contribution in [0.15, 0.2) is 49.1 Å². The molecule has 20 heavy (non-hydrogen) atoms. The quantitative estimate of drug-likeness (QED) is 0.792. The van der Waals surface area contributed by atoms with E-state index in [4.69, 9.17) is 5.11 Å². The highest BCUT2D eigenvalue weighted by atomic mass is 16.4. The first kappa shape index (κ1) is 12.3. The highest BCUT2D eigenvalue weighted by molar-refractivity contribution is 5.92. The van der Waals surface area contributed by atoms with E-state index in [1.54, 1.807) is 36.9 Å². The number of aromatic nitrogens is 3. The van der Waals surface area contributed by atoms with Crippen LogP contribution in [0.2, 0.25) is 0 Å². The molecular formula is C15H13N3O2. The lowest BCUT2D eigenvalue weighted by Crippen LogP contribution is -2.06. The van der Waals surface area contributed by atoms with Crippen molar-refractivity contribution in [2.45, 2.75) is 13.0 Å². The number of rotatable bonds is 3. The van der Waals surface area contributed by atoms with E-state index < -0.39 is 5.97 Å². The molecule has 3 rings (SSSR count). The molecule has 1 aromatic carbocycles. The molecule has 1 unspecified atom stereocenters. The van der Waals surface area contributed by atoms with Crippen molar-refractivity contribution in [3.8, 4) is 0 Å². The maximum absolute atomic E-state index is 11.1. The zero-order chi connectivity index (χ0) is 14.1. The van der Waals surface area contributed by atoms with Gasteiger partial charge in [0.25, 0.3) is 0 Å². The fourth-order valence-electron chi connectivity index (χ4n) is 2.27. The van der Waals surface area contributed by atoms with Gasteiger partial charge in [-0.1, -0.05) is 0 Å². The SMILES string of the molecule is CC(c1ccncc1)n1cnc2ccc(C(=O)O)cc21. The fourth-order valence-corrected chi connectivity index (χ4v) is 2.27. The molecule has 0 spiro atoms. The van der Waals surface area contributed by atoms with Crippen molar-refractivity contribution in [1.82, 2.24) is 14.5 Å². The minimum Gasteiger partial charge on any atom is -0.478 e. The molecule has 0 aliphatic carbocycles. The zero-order valence-corrected chi connectivity index (χ0v) is 10.9. The maximum Gasteiger partial charge on any atom is 0.335 e. The Bertz CT molecular complexity index is 765. The Morgan fingerprint density at radius 2 is 2.00 bits per heavy atom. The summed E-state index contributed by atoms with van der Waals surface area (Å²) in [6.07, 6.45) is 5.22. The Labute approximate surface area is 115 Å². The number of fused-ring (bicyclic) bond motifs is 1. The average molecular weight is 267 g/mol. The summed E-state index contributed by atoms with van der Waals surface area (Å²) in [5, 5.41) is 9.09. The van der Waals surface area contributed by atoms with Gasteiger partial charge in [-0.2, -0.15) is 0 Å². The van der Waals surface area contributed by atoms with Gasteiger partial charge in [-0.25, -0.2) is 9.78 Å². The number of aromatic carboxylic acids is 1. The van der Waals surface area contributed by atoms with Gasteiger partial charge in [0.05, 0.1) is 29.0 Å². The van der Waals surface area contributed by atoms with Crippen molar-refractivity contribution in [2.75, 3.05) is 0 Å². The Morgan fingerprint density at radius 1 is 1.25 bits per heavy atom. The molecule has 0 amide bonds. The Kier molecular flexibility index (Phi) is 2.95. The van der Waals surface area contributed by atoms with Crippen molar-refractivity contribution < 1.29 is 9.90 Å². The van der Waals surface area contributed by atoms with E-state index in [1.165, 1.54) is 0 Å².